The van der Waals surface area contributed by atoms with Crippen LogP contribution in [0.1, 0.15) is 16.9 Å². The Kier molecular flexibility index (Phi) is 3.30. The molecule has 1 aromatic heterocycles. The monoisotopic (exact) mass is 194 g/mol. The van der Waals surface area contributed by atoms with Gasteiger partial charge in [-0.15, -0.1) is 0 Å². The summed E-state index contributed by atoms with van der Waals surface area (Å²) in [5.41, 5.74) is 0.132. The van der Waals surface area contributed by atoms with E-state index in [-0.39, 0.29) is 5.69 Å². The zero-order valence-electron chi connectivity index (χ0n) is 7.21. The van der Waals surface area contributed by atoms with Crippen molar-refractivity contribution in [2.24, 2.45) is 0 Å². The lowest BCUT2D eigenvalue weighted by atomic mass is 10.1. The number of aromatic nitrogens is 1. The number of aliphatic hydroxyl groups excluding tert-OH is 1. The van der Waals surface area contributed by atoms with Crippen molar-refractivity contribution in [3.05, 3.63) is 30.1 Å². The third-order valence-electron chi connectivity index (χ3n) is 1.60. The molecule has 1 rings (SSSR count). The Morgan fingerprint density at radius 3 is 2.71 bits per heavy atom. The van der Waals surface area contributed by atoms with E-state index in [2.05, 4.69) is 4.98 Å². The van der Waals surface area contributed by atoms with Gasteiger partial charge in [0.2, 0.25) is 0 Å². The molecular weight excluding hydrogens is 186 g/mol. The molecule has 0 amide bonds. The summed E-state index contributed by atoms with van der Waals surface area (Å²) in [6, 6.07) is 4.68. The van der Waals surface area contributed by atoms with Gasteiger partial charge in [-0.25, -0.2) is 0 Å². The number of rotatable bonds is 4. The minimum Gasteiger partial charge on any atom is -0.547 e. The molecule has 0 radical (unpaired) electrons. The van der Waals surface area contributed by atoms with Crippen molar-refractivity contribution in [1.82, 2.24) is 4.98 Å². The summed E-state index contributed by atoms with van der Waals surface area (Å²) in [4.78, 5) is 25.1. The van der Waals surface area contributed by atoms with Gasteiger partial charge in [0.1, 0.15) is 11.8 Å². The van der Waals surface area contributed by atoms with Crippen molar-refractivity contribution < 1.29 is 19.8 Å². The molecule has 1 unspecified atom stereocenters. The van der Waals surface area contributed by atoms with E-state index in [1.54, 1.807) is 12.1 Å². The number of hydrogen-bond acceptors (Lipinski definition) is 5. The van der Waals surface area contributed by atoms with E-state index in [1.807, 2.05) is 0 Å². The number of Topliss-reactive ketones (excluding diaryl/α,β-unsaturated/α-hetero) is 1. The summed E-state index contributed by atoms with van der Waals surface area (Å²) in [5, 5.41) is 19.0. The maximum Gasteiger partial charge on any atom is 0.184 e. The molecule has 0 aliphatic heterocycles. The molecule has 0 aromatic carbocycles. The molecule has 5 heteroatoms. The van der Waals surface area contributed by atoms with E-state index in [0.29, 0.717) is 0 Å². The number of nitrogens with zero attached hydrogens (tertiary/aromatic N) is 1. The van der Waals surface area contributed by atoms with Crippen LogP contribution >= 0.6 is 0 Å². The number of carbonyl (C=O) groups excluding carboxylic acids is 2. The minimum atomic E-state index is -1.77. The lowest BCUT2D eigenvalue weighted by Gasteiger charge is -2.09. The number of ketones is 1. The molecular formula is C9H8NO4-. The lowest BCUT2D eigenvalue weighted by Crippen LogP contribution is -2.36. The van der Waals surface area contributed by atoms with E-state index < -0.39 is 24.3 Å². The zero-order valence-corrected chi connectivity index (χ0v) is 7.21. The fraction of sp³-hybridized carbons (Fsp3) is 0.222. The number of hydrogen-bond donors (Lipinski definition) is 1. The van der Waals surface area contributed by atoms with Crippen LogP contribution in [-0.4, -0.2) is 27.9 Å². The smallest absolute Gasteiger partial charge is 0.184 e. The number of carboxylic acid groups (broad SMARTS) is 1. The minimum absolute atomic E-state index is 0.132. The second kappa shape index (κ2) is 4.48. The van der Waals surface area contributed by atoms with Gasteiger partial charge in [-0.1, -0.05) is 6.07 Å². The highest BCUT2D eigenvalue weighted by molar-refractivity contribution is 5.96. The number of aliphatic hydroxyl groups is 1. The second-order valence-electron chi connectivity index (χ2n) is 2.68. The van der Waals surface area contributed by atoms with Crippen LogP contribution in [0.3, 0.4) is 0 Å². The highest BCUT2D eigenvalue weighted by Crippen LogP contribution is 2.01. The fourth-order valence-electron chi connectivity index (χ4n) is 0.891. The van der Waals surface area contributed by atoms with E-state index in [4.69, 9.17) is 5.11 Å². The molecule has 1 N–H and O–H groups in total. The molecule has 1 atom stereocenters. The normalized spacial score (nSPS) is 12.1. The molecule has 1 heterocycles. The Hall–Kier alpha value is -1.75. The van der Waals surface area contributed by atoms with Crippen molar-refractivity contribution in [1.29, 1.82) is 0 Å². The summed E-state index contributed by atoms with van der Waals surface area (Å²) in [5.74, 6) is -2.18. The topological polar surface area (TPSA) is 90.3 Å². The van der Waals surface area contributed by atoms with Crippen molar-refractivity contribution >= 4 is 11.8 Å². The first-order chi connectivity index (χ1) is 6.61. The van der Waals surface area contributed by atoms with Gasteiger partial charge in [0.25, 0.3) is 0 Å². The highest BCUT2D eigenvalue weighted by Gasteiger charge is 2.13. The molecule has 1 aromatic rings. The van der Waals surface area contributed by atoms with Gasteiger partial charge in [-0.2, -0.15) is 0 Å². The quantitative estimate of drug-likeness (QED) is 0.606. The highest BCUT2D eigenvalue weighted by atomic mass is 16.4. The average molecular weight is 194 g/mol. The lowest BCUT2D eigenvalue weighted by molar-refractivity contribution is -0.314. The van der Waals surface area contributed by atoms with Crippen molar-refractivity contribution in [3.8, 4) is 0 Å². The summed E-state index contributed by atoms with van der Waals surface area (Å²) in [6.07, 6.45) is -0.873. The zero-order chi connectivity index (χ0) is 10.6. The standard InChI is InChI=1S/C9H9NO4/c11-7(5-8(12)9(13)14)6-3-1-2-4-10-6/h1-4,8,12H,5H2,(H,13,14)/p-1. The predicted molar refractivity (Wildman–Crippen MR) is 44.2 cm³/mol. The van der Waals surface area contributed by atoms with Gasteiger partial charge >= 0.3 is 0 Å². The third-order valence-corrected chi connectivity index (χ3v) is 1.60. The number of pyridine rings is 1. The van der Waals surface area contributed by atoms with Crippen LogP contribution in [0, 0.1) is 0 Å². The van der Waals surface area contributed by atoms with Crippen molar-refractivity contribution in [2.45, 2.75) is 12.5 Å². The molecule has 0 bridgehead atoms. The van der Waals surface area contributed by atoms with Crippen molar-refractivity contribution in [2.75, 3.05) is 0 Å². The molecule has 74 valence electrons. The van der Waals surface area contributed by atoms with Gasteiger partial charge in [0.15, 0.2) is 5.78 Å². The van der Waals surface area contributed by atoms with Crippen LogP contribution in [0.25, 0.3) is 0 Å². The molecule has 0 saturated carbocycles. The van der Waals surface area contributed by atoms with Gasteiger partial charge in [0.05, 0.1) is 5.97 Å². The van der Waals surface area contributed by atoms with Gasteiger partial charge in [-0.05, 0) is 12.1 Å². The average Bonchev–Trinajstić information content (AvgIpc) is 2.19. The Morgan fingerprint density at radius 1 is 1.50 bits per heavy atom. The van der Waals surface area contributed by atoms with Crippen LogP contribution in [0.2, 0.25) is 0 Å². The van der Waals surface area contributed by atoms with Crippen LogP contribution in [0.5, 0.6) is 0 Å². The number of carboxylic acids is 1. The first-order valence-corrected chi connectivity index (χ1v) is 3.94. The molecule has 0 aliphatic carbocycles. The molecule has 0 saturated heterocycles. The summed E-state index contributed by atoms with van der Waals surface area (Å²) >= 11 is 0. The van der Waals surface area contributed by atoms with E-state index >= 15 is 0 Å². The fourth-order valence-corrected chi connectivity index (χ4v) is 0.891. The maximum absolute atomic E-state index is 11.2. The largest absolute Gasteiger partial charge is 0.547 e. The van der Waals surface area contributed by atoms with E-state index in [1.165, 1.54) is 12.3 Å². The summed E-state index contributed by atoms with van der Waals surface area (Å²) < 4.78 is 0. The number of aliphatic carboxylic acids is 1. The molecule has 0 fully saturated rings. The summed E-state index contributed by atoms with van der Waals surface area (Å²) in [7, 11) is 0. The Morgan fingerprint density at radius 2 is 2.21 bits per heavy atom. The second-order valence-corrected chi connectivity index (χ2v) is 2.68. The van der Waals surface area contributed by atoms with E-state index in [0.717, 1.165) is 0 Å². The predicted octanol–water partition coefficient (Wildman–Crippen LogP) is -1.23. The maximum atomic E-state index is 11.2. The van der Waals surface area contributed by atoms with Gasteiger partial charge in [0, 0.05) is 12.6 Å². The van der Waals surface area contributed by atoms with Gasteiger partial charge in [-0.3, -0.25) is 9.78 Å². The van der Waals surface area contributed by atoms with Crippen LogP contribution in [0.4, 0.5) is 0 Å². The molecule has 5 nitrogen and oxygen atoms in total. The first kappa shape index (κ1) is 10.3. The SMILES string of the molecule is O=C(CC(O)C(=O)[O-])c1ccccn1. The van der Waals surface area contributed by atoms with Crippen LogP contribution in [-0.2, 0) is 4.79 Å². The van der Waals surface area contributed by atoms with Gasteiger partial charge < -0.3 is 15.0 Å². The Labute approximate surface area is 80.0 Å². The van der Waals surface area contributed by atoms with Crippen molar-refractivity contribution in [3.63, 3.8) is 0 Å². The number of carbonyl (C=O) groups is 2. The first-order valence-electron chi connectivity index (χ1n) is 3.94. The Balaban J connectivity index is 2.64. The molecule has 14 heavy (non-hydrogen) atoms. The summed E-state index contributed by atoms with van der Waals surface area (Å²) in [6.45, 7) is 0. The third kappa shape index (κ3) is 2.63. The molecule has 0 spiro atoms. The van der Waals surface area contributed by atoms with Crippen LogP contribution in [0.15, 0.2) is 24.4 Å². The molecule has 0 aliphatic rings. The van der Waals surface area contributed by atoms with Crippen LogP contribution < -0.4 is 5.11 Å². The Bertz CT molecular complexity index is 336. The van der Waals surface area contributed by atoms with E-state index in [9.17, 15) is 14.7 Å².